The molecule has 0 aliphatic rings. The van der Waals surface area contributed by atoms with E-state index < -0.39 is 4.92 Å². The maximum Gasteiger partial charge on any atom is 0.282 e. The SMILES string of the molecule is CC(C)c1nc2ccc(Br)cc2c(=O)n1N=Cc1ccc(OCc2ccc([N+](=O)[O-])cc2)cc1. The van der Waals surface area contributed by atoms with Gasteiger partial charge in [-0.05, 0) is 65.7 Å². The second-order valence-electron chi connectivity index (χ2n) is 7.93. The van der Waals surface area contributed by atoms with Gasteiger partial charge in [-0.3, -0.25) is 14.9 Å². The molecule has 0 N–H and O–H groups in total. The predicted molar refractivity (Wildman–Crippen MR) is 135 cm³/mol. The van der Waals surface area contributed by atoms with E-state index in [0.29, 0.717) is 22.5 Å². The average molecular weight is 521 g/mol. The fraction of sp³-hybridized carbons (Fsp3) is 0.160. The van der Waals surface area contributed by atoms with Gasteiger partial charge in [0.25, 0.3) is 11.2 Å². The van der Waals surface area contributed by atoms with Crippen LogP contribution in [-0.4, -0.2) is 20.8 Å². The zero-order chi connectivity index (χ0) is 24.2. The minimum atomic E-state index is -0.434. The molecule has 4 aromatic rings. The summed E-state index contributed by atoms with van der Waals surface area (Å²) in [6.45, 7) is 4.22. The Balaban J connectivity index is 1.52. The number of hydrogen-bond donors (Lipinski definition) is 0. The van der Waals surface area contributed by atoms with Crippen molar-refractivity contribution in [3.8, 4) is 5.75 Å². The van der Waals surface area contributed by atoms with Gasteiger partial charge >= 0.3 is 0 Å². The lowest BCUT2D eigenvalue weighted by Crippen LogP contribution is -2.23. The van der Waals surface area contributed by atoms with Crippen LogP contribution in [-0.2, 0) is 6.61 Å². The lowest BCUT2D eigenvalue weighted by Gasteiger charge is -2.12. The topological polar surface area (TPSA) is 99.6 Å². The Bertz CT molecular complexity index is 1430. The number of nitro benzene ring substituents is 1. The molecule has 8 nitrogen and oxygen atoms in total. The van der Waals surface area contributed by atoms with E-state index in [1.54, 1.807) is 36.5 Å². The molecule has 0 aliphatic carbocycles. The van der Waals surface area contributed by atoms with Crippen molar-refractivity contribution in [1.82, 2.24) is 9.66 Å². The predicted octanol–water partition coefficient (Wildman–Crippen LogP) is 5.65. The summed E-state index contributed by atoms with van der Waals surface area (Å²) in [6, 6.07) is 18.9. The maximum atomic E-state index is 13.1. The van der Waals surface area contributed by atoms with Crippen LogP contribution in [0, 0.1) is 10.1 Å². The number of nitro groups is 1. The van der Waals surface area contributed by atoms with E-state index in [9.17, 15) is 14.9 Å². The van der Waals surface area contributed by atoms with Crippen LogP contribution in [0.4, 0.5) is 5.69 Å². The molecule has 0 aliphatic heterocycles. The third-order valence-corrected chi connectivity index (χ3v) is 5.60. The number of hydrogen-bond acceptors (Lipinski definition) is 6. The highest BCUT2D eigenvalue weighted by molar-refractivity contribution is 9.10. The highest BCUT2D eigenvalue weighted by Crippen LogP contribution is 2.19. The fourth-order valence-corrected chi connectivity index (χ4v) is 3.67. The van der Waals surface area contributed by atoms with E-state index in [4.69, 9.17) is 4.74 Å². The average Bonchev–Trinajstić information content (AvgIpc) is 2.83. The first-order valence-electron chi connectivity index (χ1n) is 10.5. The minimum absolute atomic E-state index is 0.00749. The molecule has 0 fully saturated rings. The smallest absolute Gasteiger partial charge is 0.282 e. The summed E-state index contributed by atoms with van der Waals surface area (Å²) in [7, 11) is 0. The molecule has 3 aromatic carbocycles. The van der Waals surface area contributed by atoms with E-state index in [1.165, 1.54) is 16.8 Å². The third kappa shape index (κ3) is 5.20. The molecule has 0 bridgehead atoms. The number of halogens is 1. The third-order valence-electron chi connectivity index (χ3n) is 5.10. The van der Waals surface area contributed by atoms with E-state index in [-0.39, 0.29) is 23.8 Å². The Kier molecular flexibility index (Phi) is 6.83. The van der Waals surface area contributed by atoms with Crippen LogP contribution in [0.1, 0.15) is 36.7 Å². The summed E-state index contributed by atoms with van der Waals surface area (Å²) < 4.78 is 7.90. The highest BCUT2D eigenvalue weighted by Gasteiger charge is 2.13. The van der Waals surface area contributed by atoms with Gasteiger partial charge in [-0.1, -0.05) is 29.8 Å². The van der Waals surface area contributed by atoms with Gasteiger partial charge < -0.3 is 4.74 Å². The number of non-ortho nitro benzene ring substituents is 1. The first-order chi connectivity index (χ1) is 16.3. The zero-order valence-electron chi connectivity index (χ0n) is 18.5. The molecular weight excluding hydrogens is 500 g/mol. The maximum absolute atomic E-state index is 13.1. The summed E-state index contributed by atoms with van der Waals surface area (Å²) in [4.78, 5) is 28.0. The van der Waals surface area contributed by atoms with Gasteiger partial charge in [-0.2, -0.15) is 9.78 Å². The van der Waals surface area contributed by atoms with Crippen LogP contribution in [0.3, 0.4) is 0 Å². The zero-order valence-corrected chi connectivity index (χ0v) is 20.1. The molecule has 0 amide bonds. The summed E-state index contributed by atoms with van der Waals surface area (Å²) in [5, 5.41) is 15.7. The Morgan fingerprint density at radius 3 is 2.47 bits per heavy atom. The molecule has 0 unspecified atom stereocenters. The fourth-order valence-electron chi connectivity index (χ4n) is 3.31. The molecule has 172 valence electrons. The van der Waals surface area contributed by atoms with Crippen molar-refractivity contribution in [2.24, 2.45) is 5.10 Å². The standard InChI is InChI=1S/C25H21BrN4O4/c1-16(2)24-28-23-12-7-19(26)13-22(23)25(31)29(24)27-14-17-5-10-21(11-6-17)34-15-18-3-8-20(9-4-18)30(32)33/h3-14,16H,15H2,1-2H3. The van der Waals surface area contributed by atoms with Crippen LogP contribution in [0.25, 0.3) is 10.9 Å². The van der Waals surface area contributed by atoms with Gasteiger partial charge in [0.05, 0.1) is 22.0 Å². The normalized spacial score (nSPS) is 11.4. The van der Waals surface area contributed by atoms with Crippen LogP contribution in [0.15, 0.2) is 81.1 Å². The monoisotopic (exact) mass is 520 g/mol. The number of aromatic nitrogens is 2. The van der Waals surface area contributed by atoms with Crippen LogP contribution >= 0.6 is 15.9 Å². The first kappa shape index (κ1) is 23.3. The van der Waals surface area contributed by atoms with E-state index in [0.717, 1.165) is 15.6 Å². The van der Waals surface area contributed by atoms with E-state index in [2.05, 4.69) is 26.0 Å². The summed E-state index contributed by atoms with van der Waals surface area (Å²) in [5.41, 5.74) is 2.07. The molecule has 0 saturated heterocycles. The van der Waals surface area contributed by atoms with Gasteiger partial charge in [-0.25, -0.2) is 4.98 Å². The number of fused-ring (bicyclic) bond motifs is 1. The molecule has 0 atom stereocenters. The second-order valence-corrected chi connectivity index (χ2v) is 8.84. The van der Waals surface area contributed by atoms with Crippen molar-refractivity contribution >= 4 is 38.7 Å². The number of benzene rings is 3. The Hall–Kier alpha value is -3.85. The Morgan fingerprint density at radius 2 is 1.82 bits per heavy atom. The van der Waals surface area contributed by atoms with Crippen molar-refractivity contribution < 1.29 is 9.66 Å². The molecule has 9 heteroatoms. The van der Waals surface area contributed by atoms with Gasteiger partial charge in [0, 0.05) is 22.5 Å². The van der Waals surface area contributed by atoms with Crippen molar-refractivity contribution in [2.45, 2.75) is 26.4 Å². The second kappa shape index (κ2) is 9.96. The van der Waals surface area contributed by atoms with E-state index in [1.807, 2.05) is 38.1 Å². The summed E-state index contributed by atoms with van der Waals surface area (Å²) in [5.74, 6) is 1.24. The van der Waals surface area contributed by atoms with Crippen molar-refractivity contribution in [1.29, 1.82) is 0 Å². The Labute approximate surface area is 203 Å². The molecule has 34 heavy (non-hydrogen) atoms. The van der Waals surface area contributed by atoms with E-state index >= 15 is 0 Å². The molecule has 1 heterocycles. The van der Waals surface area contributed by atoms with Crippen molar-refractivity contribution in [3.63, 3.8) is 0 Å². The highest BCUT2D eigenvalue weighted by atomic mass is 79.9. The van der Waals surface area contributed by atoms with Crippen LogP contribution < -0.4 is 10.3 Å². The number of nitrogens with zero attached hydrogens (tertiary/aromatic N) is 4. The largest absolute Gasteiger partial charge is 0.489 e. The number of rotatable bonds is 7. The quantitative estimate of drug-likeness (QED) is 0.178. The minimum Gasteiger partial charge on any atom is -0.489 e. The molecule has 0 radical (unpaired) electrons. The molecule has 4 rings (SSSR count). The van der Waals surface area contributed by atoms with Gasteiger partial charge in [0.15, 0.2) is 0 Å². The lowest BCUT2D eigenvalue weighted by molar-refractivity contribution is -0.384. The summed E-state index contributed by atoms with van der Waals surface area (Å²) >= 11 is 3.40. The summed E-state index contributed by atoms with van der Waals surface area (Å²) in [6.07, 6.45) is 1.61. The van der Waals surface area contributed by atoms with Crippen LogP contribution in [0.2, 0.25) is 0 Å². The van der Waals surface area contributed by atoms with Gasteiger partial charge in [0.1, 0.15) is 18.2 Å². The first-order valence-corrected chi connectivity index (χ1v) is 11.3. The number of ether oxygens (including phenoxy) is 1. The molecule has 1 aromatic heterocycles. The van der Waals surface area contributed by atoms with Crippen molar-refractivity contribution in [2.75, 3.05) is 0 Å². The molecular formula is C25H21BrN4O4. The van der Waals surface area contributed by atoms with Gasteiger partial charge in [0.2, 0.25) is 0 Å². The van der Waals surface area contributed by atoms with Crippen molar-refractivity contribution in [3.05, 3.63) is 109 Å². The Morgan fingerprint density at radius 1 is 1.12 bits per heavy atom. The van der Waals surface area contributed by atoms with Gasteiger partial charge in [-0.15, -0.1) is 0 Å². The molecule has 0 spiro atoms. The molecule has 0 saturated carbocycles. The van der Waals surface area contributed by atoms with Crippen LogP contribution in [0.5, 0.6) is 5.75 Å². The lowest BCUT2D eigenvalue weighted by atomic mass is 10.2.